The molecule has 1 radical (unpaired) electrons. The summed E-state index contributed by atoms with van der Waals surface area (Å²) in [5.41, 5.74) is 6.43. The van der Waals surface area contributed by atoms with Gasteiger partial charge in [0, 0.05) is 50.9 Å². The maximum Gasteiger partial charge on any atom is 0.147 e. The molecule has 5 nitrogen and oxygen atoms in total. The van der Waals surface area contributed by atoms with E-state index in [1.807, 2.05) is 60.8 Å². The molecule has 7 rings (SSSR count). The third-order valence-corrected chi connectivity index (χ3v) is 6.30. The van der Waals surface area contributed by atoms with Crippen LogP contribution in [0.2, 0.25) is 0 Å². The average molecular weight is 508 g/mol. The van der Waals surface area contributed by atoms with E-state index in [-0.39, 0.29) is 16.8 Å². The van der Waals surface area contributed by atoms with Crippen LogP contribution >= 0.6 is 0 Å². The fourth-order valence-electron chi connectivity index (χ4n) is 4.73. The zero-order chi connectivity index (χ0) is 23.2. The number of benzene rings is 2. The number of fused-ring (bicyclic) bond motifs is 4. The maximum absolute atomic E-state index is 5.24. The summed E-state index contributed by atoms with van der Waals surface area (Å²) in [6.07, 6.45) is 3.60. The molecule has 173 valence electrons. The first-order valence-corrected chi connectivity index (χ1v) is 11.5. The van der Waals surface area contributed by atoms with Gasteiger partial charge in [-0.15, -0.1) is 0 Å². The number of nitrogens with zero attached hydrogens (tertiary/aromatic N) is 5. The third kappa shape index (κ3) is 3.55. The van der Waals surface area contributed by atoms with Crippen molar-refractivity contribution in [2.24, 2.45) is 0 Å². The van der Waals surface area contributed by atoms with Crippen molar-refractivity contribution in [3.8, 4) is 28.5 Å². The Morgan fingerprint density at radius 1 is 0.556 bits per heavy atom. The summed E-state index contributed by atoms with van der Waals surface area (Å²) in [4.78, 5) is 19.3. The summed E-state index contributed by atoms with van der Waals surface area (Å²) in [5.74, 6) is 0.807. The number of hydrogen-bond donors (Lipinski definition) is 0. The van der Waals surface area contributed by atoms with Crippen LogP contribution < -0.4 is 0 Å². The molecule has 0 bridgehead atoms. The van der Waals surface area contributed by atoms with Crippen molar-refractivity contribution in [1.82, 2.24) is 24.5 Å². The summed E-state index contributed by atoms with van der Waals surface area (Å²) in [6, 6.07) is 34.7. The summed E-state index contributed by atoms with van der Waals surface area (Å²) >= 11 is 0. The van der Waals surface area contributed by atoms with Crippen molar-refractivity contribution in [3.05, 3.63) is 116 Å². The van der Waals surface area contributed by atoms with Gasteiger partial charge in [-0.1, -0.05) is 54.6 Å². The molecule has 0 spiro atoms. The van der Waals surface area contributed by atoms with Crippen LogP contribution in [0.4, 0.5) is 0 Å². The zero-order valence-corrected chi connectivity index (χ0v) is 20.1. The van der Waals surface area contributed by atoms with Gasteiger partial charge in [0.2, 0.25) is 0 Å². The summed E-state index contributed by atoms with van der Waals surface area (Å²) in [5, 5.41) is 3.32. The van der Waals surface area contributed by atoms with Crippen LogP contribution in [-0.4, -0.2) is 24.5 Å². The molecule has 0 saturated heterocycles. The Balaban J connectivity index is 0.00000240. The molecule has 5 aromatic heterocycles. The van der Waals surface area contributed by atoms with Crippen molar-refractivity contribution >= 4 is 32.8 Å². The topological polar surface area (TPSA) is 56.5 Å². The Bertz CT molecular complexity index is 1850. The molecular weight excluding hydrogens is 489 g/mol. The molecule has 0 aliphatic carbocycles. The van der Waals surface area contributed by atoms with E-state index in [2.05, 4.69) is 63.1 Å². The van der Waals surface area contributed by atoms with E-state index in [0.717, 1.165) is 61.3 Å². The van der Waals surface area contributed by atoms with Gasteiger partial charge in [-0.3, -0.25) is 14.5 Å². The van der Waals surface area contributed by atoms with E-state index in [1.165, 1.54) is 0 Å². The Morgan fingerprint density at radius 3 is 2.08 bits per heavy atom. The SMILES string of the molecule is [Co].c1ccc(-c2cccc(-n3c4ccccc4c4cc5cccc(-c6ccccn6)c5nc43)n2)nc1. The van der Waals surface area contributed by atoms with Crippen molar-refractivity contribution in [2.45, 2.75) is 0 Å². The molecule has 5 heterocycles. The molecule has 36 heavy (non-hydrogen) atoms. The van der Waals surface area contributed by atoms with Gasteiger partial charge in [0.05, 0.1) is 28.1 Å². The van der Waals surface area contributed by atoms with E-state index in [1.54, 1.807) is 6.20 Å². The smallest absolute Gasteiger partial charge is 0.147 e. The fourth-order valence-corrected chi connectivity index (χ4v) is 4.73. The minimum Gasteiger partial charge on any atom is -0.278 e. The van der Waals surface area contributed by atoms with Crippen molar-refractivity contribution in [2.75, 3.05) is 0 Å². The minimum absolute atomic E-state index is 0. The van der Waals surface area contributed by atoms with Gasteiger partial charge in [0.25, 0.3) is 0 Å². The first-order valence-electron chi connectivity index (χ1n) is 11.5. The molecule has 0 amide bonds. The zero-order valence-electron chi connectivity index (χ0n) is 19.0. The van der Waals surface area contributed by atoms with E-state index in [9.17, 15) is 0 Å². The number of aromatic nitrogens is 5. The van der Waals surface area contributed by atoms with E-state index >= 15 is 0 Å². The number of hydrogen-bond acceptors (Lipinski definition) is 4. The number of rotatable bonds is 3. The average Bonchev–Trinajstić information content (AvgIpc) is 3.26. The van der Waals surface area contributed by atoms with Gasteiger partial charge in [0.15, 0.2) is 0 Å². The molecule has 2 aromatic carbocycles. The van der Waals surface area contributed by atoms with Crippen LogP contribution in [0.15, 0.2) is 116 Å². The molecule has 7 aromatic rings. The first kappa shape index (κ1) is 22.1. The van der Waals surface area contributed by atoms with Crippen LogP contribution in [-0.2, 0) is 16.8 Å². The summed E-state index contributed by atoms with van der Waals surface area (Å²) in [6.45, 7) is 0. The van der Waals surface area contributed by atoms with Gasteiger partial charge in [-0.2, -0.15) is 0 Å². The Morgan fingerprint density at radius 2 is 1.28 bits per heavy atom. The maximum atomic E-state index is 5.24. The van der Waals surface area contributed by atoms with Gasteiger partial charge >= 0.3 is 0 Å². The van der Waals surface area contributed by atoms with Gasteiger partial charge in [-0.05, 0) is 48.5 Å². The monoisotopic (exact) mass is 508 g/mol. The van der Waals surface area contributed by atoms with E-state index in [0.29, 0.717) is 0 Å². The molecule has 0 aliphatic heterocycles. The molecule has 0 aliphatic rings. The Hall–Kier alpha value is -4.39. The summed E-state index contributed by atoms with van der Waals surface area (Å²) < 4.78 is 2.14. The van der Waals surface area contributed by atoms with Crippen molar-refractivity contribution in [1.29, 1.82) is 0 Å². The Kier molecular flexibility index (Phi) is 5.52. The second-order valence-electron chi connectivity index (χ2n) is 8.40. The van der Waals surface area contributed by atoms with Crippen LogP contribution in [0.3, 0.4) is 0 Å². The third-order valence-electron chi connectivity index (χ3n) is 6.30. The van der Waals surface area contributed by atoms with Crippen LogP contribution in [0.25, 0.3) is 61.3 Å². The summed E-state index contributed by atoms with van der Waals surface area (Å²) in [7, 11) is 0. The molecular formula is C30H19CoN5. The first-order chi connectivity index (χ1) is 17.4. The predicted molar refractivity (Wildman–Crippen MR) is 140 cm³/mol. The number of pyridine rings is 4. The van der Waals surface area contributed by atoms with Gasteiger partial charge in [-0.25, -0.2) is 9.97 Å². The van der Waals surface area contributed by atoms with Gasteiger partial charge in [0.1, 0.15) is 11.5 Å². The molecule has 0 saturated carbocycles. The normalized spacial score (nSPS) is 11.1. The standard InChI is InChI=1S/C30H19N5.Co/c1-2-15-27-21(10-1)23-19-20-9-7-11-22(24-12-3-5-17-31-24)29(20)34-30(23)35(27)28-16-8-14-26(33-28)25-13-4-6-18-32-25;/h1-19H;. The van der Waals surface area contributed by atoms with Crippen LogP contribution in [0, 0.1) is 0 Å². The molecule has 0 N–H and O–H groups in total. The van der Waals surface area contributed by atoms with Crippen molar-refractivity contribution < 1.29 is 16.8 Å². The van der Waals surface area contributed by atoms with E-state index in [4.69, 9.17) is 9.97 Å². The fraction of sp³-hybridized carbons (Fsp3) is 0. The van der Waals surface area contributed by atoms with Crippen LogP contribution in [0.5, 0.6) is 0 Å². The molecule has 0 unspecified atom stereocenters. The van der Waals surface area contributed by atoms with Crippen LogP contribution in [0.1, 0.15) is 0 Å². The minimum atomic E-state index is 0. The molecule has 6 heteroatoms. The second kappa shape index (κ2) is 9.00. The Labute approximate surface area is 217 Å². The quantitative estimate of drug-likeness (QED) is 0.262. The van der Waals surface area contributed by atoms with Crippen molar-refractivity contribution in [3.63, 3.8) is 0 Å². The second-order valence-corrected chi connectivity index (χ2v) is 8.40. The van der Waals surface area contributed by atoms with Gasteiger partial charge < -0.3 is 0 Å². The predicted octanol–water partition coefficient (Wildman–Crippen LogP) is 6.85. The number of para-hydroxylation sites is 2. The van der Waals surface area contributed by atoms with E-state index < -0.39 is 0 Å². The molecule has 0 atom stereocenters. The molecule has 0 fully saturated rings. The largest absolute Gasteiger partial charge is 0.278 e.